The molecule has 22 heavy (non-hydrogen) atoms. The normalized spacial score (nSPS) is 25.2. The van der Waals surface area contributed by atoms with E-state index in [1.807, 2.05) is 25.3 Å². The summed E-state index contributed by atoms with van der Waals surface area (Å²) in [5, 5.41) is 6.27. The van der Waals surface area contributed by atoms with Gasteiger partial charge in [0.25, 0.3) is 0 Å². The Labute approximate surface area is 131 Å². The van der Waals surface area contributed by atoms with E-state index in [1.54, 1.807) is 0 Å². The van der Waals surface area contributed by atoms with E-state index in [-0.39, 0.29) is 11.3 Å². The van der Waals surface area contributed by atoms with Gasteiger partial charge in [0.2, 0.25) is 5.91 Å². The Bertz CT molecular complexity index is 505. The fourth-order valence-corrected chi connectivity index (χ4v) is 2.91. The summed E-state index contributed by atoms with van der Waals surface area (Å²) in [7, 11) is 0. The molecule has 1 amide bonds. The Balaban J connectivity index is 1.53. The maximum absolute atomic E-state index is 12.3. The number of anilines is 1. The van der Waals surface area contributed by atoms with Crippen molar-refractivity contribution in [3.05, 3.63) is 23.9 Å². The molecule has 6 nitrogen and oxygen atoms in total. The number of pyridine rings is 1. The van der Waals surface area contributed by atoms with E-state index >= 15 is 0 Å². The van der Waals surface area contributed by atoms with E-state index in [9.17, 15) is 4.79 Å². The van der Waals surface area contributed by atoms with Gasteiger partial charge in [-0.2, -0.15) is 0 Å². The van der Waals surface area contributed by atoms with E-state index in [1.165, 1.54) is 0 Å². The number of rotatable bonds is 4. The monoisotopic (exact) mass is 304 g/mol. The SMILES string of the molecule is CC1(C(=O)NCc2ccc(N3CCOCC3)nc2)CCNC1. The first kappa shape index (κ1) is 15.2. The summed E-state index contributed by atoms with van der Waals surface area (Å²) in [6, 6.07) is 4.05. The van der Waals surface area contributed by atoms with Crippen LogP contribution < -0.4 is 15.5 Å². The fraction of sp³-hybridized carbons (Fsp3) is 0.625. The van der Waals surface area contributed by atoms with Crippen molar-refractivity contribution < 1.29 is 9.53 Å². The Morgan fingerprint density at radius 2 is 2.27 bits per heavy atom. The Morgan fingerprint density at radius 1 is 1.45 bits per heavy atom. The molecule has 2 fully saturated rings. The number of hydrogen-bond donors (Lipinski definition) is 2. The van der Waals surface area contributed by atoms with Crippen LogP contribution >= 0.6 is 0 Å². The van der Waals surface area contributed by atoms with Gasteiger partial charge >= 0.3 is 0 Å². The molecule has 0 aromatic carbocycles. The van der Waals surface area contributed by atoms with Crippen LogP contribution in [0.5, 0.6) is 0 Å². The van der Waals surface area contributed by atoms with Crippen molar-refractivity contribution in [3.8, 4) is 0 Å². The summed E-state index contributed by atoms with van der Waals surface area (Å²) in [6.07, 6.45) is 2.74. The molecule has 1 aromatic rings. The number of nitrogens with one attached hydrogen (secondary N) is 2. The van der Waals surface area contributed by atoms with Crippen LogP contribution in [0.15, 0.2) is 18.3 Å². The average molecular weight is 304 g/mol. The lowest BCUT2D eigenvalue weighted by atomic mass is 9.89. The number of morpholine rings is 1. The van der Waals surface area contributed by atoms with Crippen LogP contribution in [0, 0.1) is 5.41 Å². The van der Waals surface area contributed by atoms with Crippen LogP contribution in [0.4, 0.5) is 5.82 Å². The van der Waals surface area contributed by atoms with Gasteiger partial charge in [0.1, 0.15) is 5.82 Å². The molecule has 2 aliphatic rings. The molecule has 0 radical (unpaired) electrons. The quantitative estimate of drug-likeness (QED) is 0.849. The smallest absolute Gasteiger partial charge is 0.227 e. The number of amides is 1. The van der Waals surface area contributed by atoms with Crippen molar-refractivity contribution in [1.82, 2.24) is 15.6 Å². The Kier molecular flexibility index (Phi) is 4.59. The molecule has 3 heterocycles. The molecule has 0 spiro atoms. The molecule has 6 heteroatoms. The highest BCUT2D eigenvalue weighted by Crippen LogP contribution is 2.24. The number of aromatic nitrogens is 1. The zero-order valence-corrected chi connectivity index (χ0v) is 13.1. The second-order valence-electron chi connectivity index (χ2n) is 6.29. The van der Waals surface area contributed by atoms with E-state index in [0.717, 1.165) is 57.2 Å². The van der Waals surface area contributed by atoms with Gasteiger partial charge in [0, 0.05) is 32.4 Å². The summed E-state index contributed by atoms with van der Waals surface area (Å²) in [5.41, 5.74) is 0.751. The van der Waals surface area contributed by atoms with Crippen LogP contribution in [0.3, 0.4) is 0 Å². The van der Waals surface area contributed by atoms with Gasteiger partial charge < -0.3 is 20.3 Å². The molecule has 2 aliphatic heterocycles. The van der Waals surface area contributed by atoms with Crippen molar-refractivity contribution in [2.24, 2.45) is 5.41 Å². The summed E-state index contributed by atoms with van der Waals surface area (Å²) in [6.45, 7) is 7.50. The molecular formula is C16H24N4O2. The summed E-state index contributed by atoms with van der Waals surface area (Å²) in [5.74, 6) is 1.10. The predicted octanol–water partition coefficient (Wildman–Crippen LogP) is 0.534. The lowest BCUT2D eigenvalue weighted by Crippen LogP contribution is -2.40. The highest BCUT2D eigenvalue weighted by Gasteiger charge is 2.35. The van der Waals surface area contributed by atoms with E-state index in [2.05, 4.69) is 20.5 Å². The van der Waals surface area contributed by atoms with Gasteiger partial charge in [0.15, 0.2) is 0 Å². The summed E-state index contributed by atoms with van der Waals surface area (Å²) in [4.78, 5) is 19.0. The van der Waals surface area contributed by atoms with Crippen molar-refractivity contribution in [2.75, 3.05) is 44.3 Å². The first-order valence-corrected chi connectivity index (χ1v) is 7.94. The lowest BCUT2D eigenvalue weighted by molar-refractivity contribution is -0.129. The molecule has 3 rings (SSSR count). The minimum absolute atomic E-state index is 0.120. The molecule has 0 bridgehead atoms. The molecule has 1 aromatic heterocycles. The third-order valence-electron chi connectivity index (χ3n) is 4.51. The lowest BCUT2D eigenvalue weighted by Gasteiger charge is -2.27. The Morgan fingerprint density at radius 3 is 2.91 bits per heavy atom. The van der Waals surface area contributed by atoms with Crippen molar-refractivity contribution in [2.45, 2.75) is 19.9 Å². The molecule has 1 unspecified atom stereocenters. The topological polar surface area (TPSA) is 66.5 Å². The van der Waals surface area contributed by atoms with E-state index < -0.39 is 0 Å². The molecule has 2 N–H and O–H groups in total. The number of hydrogen-bond acceptors (Lipinski definition) is 5. The summed E-state index contributed by atoms with van der Waals surface area (Å²) >= 11 is 0. The first-order chi connectivity index (χ1) is 10.7. The van der Waals surface area contributed by atoms with Crippen LogP contribution in [0.2, 0.25) is 0 Å². The minimum Gasteiger partial charge on any atom is -0.378 e. The van der Waals surface area contributed by atoms with Crippen molar-refractivity contribution in [3.63, 3.8) is 0 Å². The van der Waals surface area contributed by atoms with E-state index in [4.69, 9.17) is 4.74 Å². The van der Waals surface area contributed by atoms with Gasteiger partial charge in [0.05, 0.1) is 18.6 Å². The number of nitrogens with zero attached hydrogens (tertiary/aromatic N) is 2. The zero-order chi connectivity index (χ0) is 15.4. The van der Waals surface area contributed by atoms with Crippen LogP contribution in [-0.4, -0.2) is 50.3 Å². The van der Waals surface area contributed by atoms with Crippen molar-refractivity contribution >= 4 is 11.7 Å². The fourth-order valence-electron chi connectivity index (χ4n) is 2.91. The van der Waals surface area contributed by atoms with Crippen LogP contribution in [-0.2, 0) is 16.1 Å². The third-order valence-corrected chi connectivity index (χ3v) is 4.51. The Hall–Kier alpha value is -1.66. The predicted molar refractivity (Wildman–Crippen MR) is 84.7 cm³/mol. The average Bonchev–Trinajstić information content (AvgIpc) is 3.02. The van der Waals surface area contributed by atoms with Crippen molar-refractivity contribution in [1.29, 1.82) is 0 Å². The third kappa shape index (κ3) is 3.39. The molecule has 0 aliphatic carbocycles. The second-order valence-corrected chi connectivity index (χ2v) is 6.29. The van der Waals surface area contributed by atoms with Crippen LogP contribution in [0.25, 0.3) is 0 Å². The highest BCUT2D eigenvalue weighted by molar-refractivity contribution is 5.82. The maximum atomic E-state index is 12.3. The minimum atomic E-state index is -0.277. The number of carbonyl (C=O) groups excluding carboxylic acids is 1. The van der Waals surface area contributed by atoms with Gasteiger partial charge in [-0.3, -0.25) is 4.79 Å². The summed E-state index contributed by atoms with van der Waals surface area (Å²) < 4.78 is 5.35. The second kappa shape index (κ2) is 6.62. The standard InChI is InChI=1S/C16H24N4O2/c1-16(4-5-17-12-16)15(21)19-11-13-2-3-14(18-10-13)20-6-8-22-9-7-20/h2-3,10,17H,4-9,11-12H2,1H3,(H,19,21). The number of carbonyl (C=O) groups is 1. The van der Waals surface area contributed by atoms with Gasteiger partial charge in [-0.1, -0.05) is 6.07 Å². The number of ether oxygens (including phenoxy) is 1. The molecule has 1 atom stereocenters. The van der Waals surface area contributed by atoms with Gasteiger partial charge in [-0.15, -0.1) is 0 Å². The maximum Gasteiger partial charge on any atom is 0.227 e. The van der Waals surface area contributed by atoms with E-state index in [0.29, 0.717) is 6.54 Å². The molecule has 2 saturated heterocycles. The largest absolute Gasteiger partial charge is 0.378 e. The van der Waals surface area contributed by atoms with Gasteiger partial charge in [-0.05, 0) is 31.5 Å². The molecular weight excluding hydrogens is 280 g/mol. The molecule has 120 valence electrons. The van der Waals surface area contributed by atoms with Gasteiger partial charge in [-0.25, -0.2) is 4.98 Å². The first-order valence-electron chi connectivity index (χ1n) is 7.94. The highest BCUT2D eigenvalue weighted by atomic mass is 16.5. The van der Waals surface area contributed by atoms with Crippen LogP contribution in [0.1, 0.15) is 18.9 Å². The molecule has 0 saturated carbocycles. The zero-order valence-electron chi connectivity index (χ0n) is 13.1.